The molecule has 1 amide bonds. The molecule has 128 valence electrons. The van der Waals surface area contributed by atoms with Gasteiger partial charge in [0.05, 0.1) is 20.1 Å². The summed E-state index contributed by atoms with van der Waals surface area (Å²) < 4.78 is 11.0. The molecule has 2 aromatic carbocycles. The molecule has 0 aromatic heterocycles. The predicted octanol–water partition coefficient (Wildman–Crippen LogP) is 3.44. The number of carbonyl (C=O) groups is 1. The lowest BCUT2D eigenvalue weighted by Crippen LogP contribution is -2.27. The van der Waals surface area contributed by atoms with E-state index in [4.69, 9.17) is 9.47 Å². The number of carbonyl (C=O) groups excluding carboxylic acids is 1. The highest BCUT2D eigenvalue weighted by molar-refractivity contribution is 5.76. The van der Waals surface area contributed by atoms with Gasteiger partial charge in [0.1, 0.15) is 11.5 Å². The number of nitrogens with one attached hydrogen (secondary N) is 1. The minimum Gasteiger partial charge on any atom is -0.496 e. The fourth-order valence-corrected chi connectivity index (χ4v) is 2.45. The van der Waals surface area contributed by atoms with E-state index >= 15 is 0 Å². The molecular formula is C20H25NO3. The first-order valence-electron chi connectivity index (χ1n) is 8.19. The normalized spacial score (nSPS) is 10.3. The van der Waals surface area contributed by atoms with Crippen molar-refractivity contribution in [2.45, 2.75) is 26.7 Å². The zero-order valence-electron chi connectivity index (χ0n) is 14.6. The van der Waals surface area contributed by atoms with Gasteiger partial charge in [-0.15, -0.1) is 0 Å². The first-order valence-corrected chi connectivity index (χ1v) is 8.19. The number of rotatable bonds is 8. The third kappa shape index (κ3) is 5.30. The number of hydrogen-bond donors (Lipinski definition) is 1. The number of ether oxygens (including phenoxy) is 2. The minimum atomic E-state index is -0.00444. The van der Waals surface area contributed by atoms with Crippen LogP contribution in [0.2, 0.25) is 0 Å². The molecule has 0 unspecified atom stereocenters. The Hall–Kier alpha value is -2.49. The second-order valence-corrected chi connectivity index (χ2v) is 5.78. The van der Waals surface area contributed by atoms with Crippen molar-refractivity contribution in [1.29, 1.82) is 0 Å². The third-order valence-corrected chi connectivity index (χ3v) is 3.84. The smallest absolute Gasteiger partial charge is 0.223 e. The lowest BCUT2D eigenvalue weighted by atomic mass is 10.1. The second-order valence-electron chi connectivity index (χ2n) is 5.78. The molecule has 0 spiro atoms. The molecule has 2 rings (SSSR count). The molecule has 0 fully saturated rings. The number of aryl methyl sites for hydroxylation is 2. The van der Waals surface area contributed by atoms with Crippen molar-refractivity contribution in [2.75, 3.05) is 20.3 Å². The number of para-hydroxylation sites is 1. The highest BCUT2D eigenvalue weighted by Crippen LogP contribution is 2.19. The first-order chi connectivity index (χ1) is 11.6. The van der Waals surface area contributed by atoms with Crippen LogP contribution in [0.1, 0.15) is 23.1 Å². The Morgan fingerprint density at radius 1 is 1.08 bits per heavy atom. The maximum absolute atomic E-state index is 11.9. The Kier molecular flexibility index (Phi) is 6.67. The highest BCUT2D eigenvalue weighted by atomic mass is 16.5. The summed E-state index contributed by atoms with van der Waals surface area (Å²) in [5, 5.41) is 2.92. The summed E-state index contributed by atoms with van der Waals surface area (Å²) in [6.45, 7) is 4.99. The van der Waals surface area contributed by atoms with Crippen LogP contribution in [0.25, 0.3) is 0 Å². The van der Waals surface area contributed by atoms with E-state index in [2.05, 4.69) is 5.32 Å². The fourth-order valence-electron chi connectivity index (χ4n) is 2.45. The minimum absolute atomic E-state index is 0.00444. The van der Waals surface area contributed by atoms with Gasteiger partial charge in [0.25, 0.3) is 0 Å². The van der Waals surface area contributed by atoms with Crippen molar-refractivity contribution < 1.29 is 14.3 Å². The molecule has 0 bridgehead atoms. The van der Waals surface area contributed by atoms with E-state index in [0.29, 0.717) is 19.6 Å². The van der Waals surface area contributed by atoms with Gasteiger partial charge in [-0.2, -0.15) is 0 Å². The average molecular weight is 327 g/mol. The van der Waals surface area contributed by atoms with Gasteiger partial charge in [-0.05, 0) is 49.1 Å². The van der Waals surface area contributed by atoms with Crippen molar-refractivity contribution in [3.8, 4) is 11.5 Å². The van der Waals surface area contributed by atoms with Gasteiger partial charge in [-0.1, -0.05) is 30.3 Å². The SMILES string of the molecule is COc1ccccc1CCNC(=O)CCOc1cc(C)ccc1C. The molecular weight excluding hydrogens is 302 g/mol. The van der Waals surface area contributed by atoms with Crippen LogP contribution in [0.4, 0.5) is 0 Å². The van der Waals surface area contributed by atoms with E-state index in [1.807, 2.05) is 56.3 Å². The Bertz CT molecular complexity index is 682. The van der Waals surface area contributed by atoms with Crippen LogP contribution in [0.15, 0.2) is 42.5 Å². The Balaban J connectivity index is 1.71. The largest absolute Gasteiger partial charge is 0.496 e. The van der Waals surface area contributed by atoms with E-state index in [0.717, 1.165) is 34.6 Å². The zero-order chi connectivity index (χ0) is 17.4. The number of methoxy groups -OCH3 is 1. The molecule has 2 aromatic rings. The summed E-state index contributed by atoms with van der Waals surface area (Å²) in [5.74, 6) is 1.69. The summed E-state index contributed by atoms with van der Waals surface area (Å²) in [7, 11) is 1.65. The molecule has 4 nitrogen and oxygen atoms in total. The Morgan fingerprint density at radius 2 is 1.88 bits per heavy atom. The molecule has 1 N–H and O–H groups in total. The molecule has 24 heavy (non-hydrogen) atoms. The van der Waals surface area contributed by atoms with Crippen LogP contribution in [-0.2, 0) is 11.2 Å². The quantitative estimate of drug-likeness (QED) is 0.808. The van der Waals surface area contributed by atoms with Crippen LogP contribution >= 0.6 is 0 Å². The van der Waals surface area contributed by atoms with Gasteiger partial charge >= 0.3 is 0 Å². The summed E-state index contributed by atoms with van der Waals surface area (Å²) in [5.41, 5.74) is 3.32. The predicted molar refractivity (Wildman–Crippen MR) is 95.7 cm³/mol. The van der Waals surface area contributed by atoms with E-state index in [1.165, 1.54) is 0 Å². The van der Waals surface area contributed by atoms with Crippen molar-refractivity contribution in [3.63, 3.8) is 0 Å². The topological polar surface area (TPSA) is 47.6 Å². The third-order valence-electron chi connectivity index (χ3n) is 3.84. The fraction of sp³-hybridized carbons (Fsp3) is 0.350. The lowest BCUT2D eigenvalue weighted by molar-refractivity contribution is -0.121. The van der Waals surface area contributed by atoms with Gasteiger partial charge in [-0.25, -0.2) is 0 Å². The molecule has 0 saturated carbocycles. The van der Waals surface area contributed by atoms with Gasteiger partial charge < -0.3 is 14.8 Å². The lowest BCUT2D eigenvalue weighted by Gasteiger charge is -2.11. The molecule has 0 atom stereocenters. The van der Waals surface area contributed by atoms with Crippen molar-refractivity contribution in [2.24, 2.45) is 0 Å². The molecule has 0 aliphatic carbocycles. The maximum atomic E-state index is 11.9. The van der Waals surface area contributed by atoms with Crippen LogP contribution in [0, 0.1) is 13.8 Å². The van der Waals surface area contributed by atoms with E-state index < -0.39 is 0 Å². The molecule has 4 heteroatoms. The number of amides is 1. The van der Waals surface area contributed by atoms with Crippen molar-refractivity contribution in [1.82, 2.24) is 5.32 Å². The van der Waals surface area contributed by atoms with Crippen LogP contribution in [0.3, 0.4) is 0 Å². The van der Waals surface area contributed by atoms with E-state index in [-0.39, 0.29) is 5.91 Å². The van der Waals surface area contributed by atoms with Gasteiger partial charge in [0.2, 0.25) is 5.91 Å². The first kappa shape index (κ1) is 17.9. The molecule has 0 aliphatic heterocycles. The average Bonchev–Trinajstić information content (AvgIpc) is 2.58. The van der Waals surface area contributed by atoms with Gasteiger partial charge in [0.15, 0.2) is 0 Å². The number of hydrogen-bond acceptors (Lipinski definition) is 3. The second kappa shape index (κ2) is 8.96. The molecule has 0 saturated heterocycles. The molecule has 0 aliphatic rings. The van der Waals surface area contributed by atoms with Crippen molar-refractivity contribution >= 4 is 5.91 Å². The summed E-state index contributed by atoms with van der Waals surface area (Å²) in [4.78, 5) is 11.9. The summed E-state index contributed by atoms with van der Waals surface area (Å²) in [6, 6.07) is 13.9. The standard InChI is InChI=1S/C20H25NO3/c1-15-8-9-16(2)19(14-15)24-13-11-20(22)21-12-10-17-6-4-5-7-18(17)23-3/h4-9,14H,10-13H2,1-3H3,(H,21,22). The van der Waals surface area contributed by atoms with Crippen LogP contribution < -0.4 is 14.8 Å². The Morgan fingerprint density at radius 3 is 2.67 bits per heavy atom. The monoisotopic (exact) mass is 327 g/mol. The van der Waals surface area contributed by atoms with E-state index in [9.17, 15) is 4.79 Å². The summed E-state index contributed by atoms with van der Waals surface area (Å²) in [6.07, 6.45) is 1.09. The Labute approximate surface area is 143 Å². The number of benzene rings is 2. The molecule has 0 heterocycles. The van der Waals surface area contributed by atoms with Gasteiger partial charge in [0, 0.05) is 6.54 Å². The highest BCUT2D eigenvalue weighted by Gasteiger charge is 2.05. The van der Waals surface area contributed by atoms with Crippen LogP contribution in [-0.4, -0.2) is 26.2 Å². The zero-order valence-corrected chi connectivity index (χ0v) is 14.6. The van der Waals surface area contributed by atoms with E-state index in [1.54, 1.807) is 7.11 Å². The maximum Gasteiger partial charge on any atom is 0.223 e. The van der Waals surface area contributed by atoms with Crippen molar-refractivity contribution in [3.05, 3.63) is 59.2 Å². The summed E-state index contributed by atoms with van der Waals surface area (Å²) >= 11 is 0. The molecule has 0 radical (unpaired) electrons. The van der Waals surface area contributed by atoms with Gasteiger partial charge in [-0.3, -0.25) is 4.79 Å². The van der Waals surface area contributed by atoms with Crippen LogP contribution in [0.5, 0.6) is 11.5 Å².